The van der Waals surface area contributed by atoms with Gasteiger partial charge >= 0.3 is 0 Å². The van der Waals surface area contributed by atoms with Gasteiger partial charge in [-0.05, 0) is 34.4 Å². The van der Waals surface area contributed by atoms with Crippen LogP contribution >= 0.6 is 0 Å². The van der Waals surface area contributed by atoms with Crippen LogP contribution in [0.25, 0.3) is 0 Å². The molecule has 0 N–H and O–H groups in total. The second kappa shape index (κ2) is 6.66. The summed E-state index contributed by atoms with van der Waals surface area (Å²) in [6.07, 6.45) is 1.25. The number of hydrogen-bond donors (Lipinski definition) is 0. The Kier molecular flexibility index (Phi) is 8.20. The minimum absolute atomic E-state index is 0.342. The summed E-state index contributed by atoms with van der Waals surface area (Å²) in [7, 11) is 2.14. The van der Waals surface area contributed by atoms with Gasteiger partial charge in [0.2, 0.25) is 0 Å². The topological polar surface area (TPSA) is 3.24 Å². The van der Waals surface area contributed by atoms with Crippen LogP contribution in [0.5, 0.6) is 0 Å². The van der Waals surface area contributed by atoms with Gasteiger partial charge in [-0.25, -0.2) is 0 Å². The van der Waals surface area contributed by atoms with Gasteiger partial charge in [-0.3, -0.25) is 0 Å². The molecule has 0 aliphatic carbocycles. The Morgan fingerprint density at radius 3 is 1.27 bits per heavy atom. The second-order valence-corrected chi connectivity index (χ2v) is 3.89. The van der Waals surface area contributed by atoms with Gasteiger partial charge < -0.3 is 4.90 Å². The molecule has 11 heavy (non-hydrogen) atoms. The molecule has 0 aromatic rings. The lowest BCUT2D eigenvalue weighted by molar-refractivity contribution is 0.185. The number of hydrogen-bond acceptors (Lipinski definition) is 1. The van der Waals surface area contributed by atoms with Crippen LogP contribution in [-0.2, 0) is 0 Å². The van der Waals surface area contributed by atoms with Crippen molar-refractivity contribution >= 4 is 0 Å². The van der Waals surface area contributed by atoms with Gasteiger partial charge in [0.1, 0.15) is 0 Å². The Hall–Kier alpha value is -0.0400. The van der Waals surface area contributed by atoms with Crippen molar-refractivity contribution < 1.29 is 0 Å². The van der Waals surface area contributed by atoms with Crippen LogP contribution in [0.4, 0.5) is 0 Å². The van der Waals surface area contributed by atoms with E-state index < -0.39 is 0 Å². The van der Waals surface area contributed by atoms with E-state index >= 15 is 0 Å². The van der Waals surface area contributed by atoms with E-state index in [2.05, 4.69) is 53.5 Å². The molecule has 0 aliphatic heterocycles. The van der Waals surface area contributed by atoms with Crippen molar-refractivity contribution in [2.24, 2.45) is 0 Å². The Balaban J connectivity index is 0. The first-order valence-electron chi connectivity index (χ1n) is 4.61. The van der Waals surface area contributed by atoms with Crippen LogP contribution in [0.1, 0.15) is 48.0 Å². The molecule has 1 nitrogen and oxygen atoms in total. The van der Waals surface area contributed by atoms with Crippen molar-refractivity contribution in [3.63, 3.8) is 0 Å². The third kappa shape index (κ3) is 9.96. The van der Waals surface area contributed by atoms with Crippen LogP contribution in [0, 0.1) is 0 Å². The molecule has 0 saturated heterocycles. The summed E-state index contributed by atoms with van der Waals surface area (Å²) in [6, 6.07) is 0. The molecule has 0 bridgehead atoms. The molecule has 0 atom stereocenters. The molecular weight excluding hydrogens is 134 g/mol. The summed E-state index contributed by atoms with van der Waals surface area (Å²) in [5.41, 5.74) is 0.342. The average Bonchev–Trinajstić information content (AvgIpc) is 1.86. The van der Waals surface area contributed by atoms with E-state index in [1.165, 1.54) is 6.42 Å². The molecule has 70 valence electrons. The first kappa shape index (κ1) is 13.5. The first-order chi connectivity index (χ1) is 4.90. The summed E-state index contributed by atoms with van der Waals surface area (Å²) < 4.78 is 0. The summed E-state index contributed by atoms with van der Waals surface area (Å²) in [6.45, 7) is 14.2. The van der Waals surface area contributed by atoms with E-state index in [0.29, 0.717) is 5.54 Å². The third-order valence-corrected chi connectivity index (χ3v) is 1.62. The lowest BCUT2D eigenvalue weighted by Crippen LogP contribution is -2.37. The molecule has 0 amide bonds. The molecular formula is C10H25N. The smallest absolute Gasteiger partial charge is 0.0121 e. The van der Waals surface area contributed by atoms with Crippen molar-refractivity contribution in [2.75, 3.05) is 13.6 Å². The summed E-state index contributed by atoms with van der Waals surface area (Å²) in [5, 5.41) is 0. The molecule has 1 heteroatoms. The van der Waals surface area contributed by atoms with Gasteiger partial charge in [0.05, 0.1) is 0 Å². The zero-order chi connectivity index (χ0) is 9.49. The number of rotatable bonds is 1. The molecule has 0 unspecified atom stereocenters. The molecule has 0 aliphatic rings. The highest BCUT2D eigenvalue weighted by Crippen LogP contribution is 2.08. The van der Waals surface area contributed by atoms with E-state index in [0.717, 1.165) is 6.54 Å². The minimum atomic E-state index is 0.342. The Bertz CT molecular complexity index is 71.4. The Labute approximate surface area is 72.8 Å². The Morgan fingerprint density at radius 1 is 1.00 bits per heavy atom. The lowest BCUT2D eigenvalue weighted by Gasteiger charge is -2.30. The Morgan fingerprint density at radius 2 is 1.27 bits per heavy atom. The van der Waals surface area contributed by atoms with Crippen molar-refractivity contribution in [2.45, 2.75) is 53.5 Å². The maximum atomic E-state index is 2.31. The molecule has 0 spiro atoms. The highest BCUT2D eigenvalue weighted by molar-refractivity contribution is 4.70. The lowest BCUT2D eigenvalue weighted by atomic mass is 10.1. The van der Waals surface area contributed by atoms with E-state index in [9.17, 15) is 0 Å². The van der Waals surface area contributed by atoms with Crippen LogP contribution in [-0.4, -0.2) is 24.0 Å². The molecule has 0 fully saturated rings. The molecule has 0 aromatic heterocycles. The highest BCUT2D eigenvalue weighted by atomic mass is 15.1. The fourth-order valence-corrected chi connectivity index (χ4v) is 0.474. The minimum Gasteiger partial charge on any atom is -0.302 e. The summed E-state index contributed by atoms with van der Waals surface area (Å²) in [4.78, 5) is 2.31. The van der Waals surface area contributed by atoms with Crippen molar-refractivity contribution in [3.05, 3.63) is 0 Å². The van der Waals surface area contributed by atoms with E-state index in [1.54, 1.807) is 0 Å². The quantitative estimate of drug-likeness (QED) is 0.568. The predicted octanol–water partition coefficient (Wildman–Crippen LogP) is 3.15. The summed E-state index contributed by atoms with van der Waals surface area (Å²) in [5.74, 6) is 0. The second-order valence-electron chi connectivity index (χ2n) is 3.89. The van der Waals surface area contributed by atoms with Gasteiger partial charge in [0, 0.05) is 5.54 Å². The van der Waals surface area contributed by atoms with E-state index in [4.69, 9.17) is 0 Å². The van der Waals surface area contributed by atoms with Crippen molar-refractivity contribution in [1.29, 1.82) is 0 Å². The standard InChI is InChI=1S/C7H17N.C3H8/c1-6-8(5)7(2,3)4;1-3-2/h6H2,1-5H3;3H2,1-2H3. The van der Waals surface area contributed by atoms with Crippen molar-refractivity contribution in [3.8, 4) is 0 Å². The van der Waals surface area contributed by atoms with Gasteiger partial charge in [0.25, 0.3) is 0 Å². The zero-order valence-corrected chi connectivity index (χ0v) is 9.36. The third-order valence-electron chi connectivity index (χ3n) is 1.62. The normalized spacial score (nSPS) is 10.9. The van der Waals surface area contributed by atoms with Crippen molar-refractivity contribution in [1.82, 2.24) is 4.90 Å². The zero-order valence-electron chi connectivity index (χ0n) is 9.36. The van der Waals surface area contributed by atoms with Gasteiger partial charge in [0.15, 0.2) is 0 Å². The highest BCUT2D eigenvalue weighted by Gasteiger charge is 2.13. The van der Waals surface area contributed by atoms with Gasteiger partial charge in [-0.2, -0.15) is 0 Å². The molecule has 0 saturated carbocycles. The van der Waals surface area contributed by atoms with E-state index in [1.807, 2.05) is 0 Å². The maximum absolute atomic E-state index is 2.31. The average molecular weight is 159 g/mol. The SMILES string of the molecule is CCC.CCN(C)C(C)(C)C. The van der Waals surface area contributed by atoms with Crippen LogP contribution in [0.3, 0.4) is 0 Å². The largest absolute Gasteiger partial charge is 0.302 e. The van der Waals surface area contributed by atoms with Crippen LogP contribution in [0.2, 0.25) is 0 Å². The maximum Gasteiger partial charge on any atom is 0.0121 e. The fraction of sp³-hybridized carbons (Fsp3) is 1.00. The monoisotopic (exact) mass is 159 g/mol. The molecule has 0 radical (unpaired) electrons. The molecule has 0 aromatic carbocycles. The van der Waals surface area contributed by atoms with Crippen LogP contribution in [0.15, 0.2) is 0 Å². The van der Waals surface area contributed by atoms with Gasteiger partial charge in [-0.1, -0.05) is 27.2 Å². The molecule has 0 heterocycles. The van der Waals surface area contributed by atoms with E-state index in [-0.39, 0.29) is 0 Å². The van der Waals surface area contributed by atoms with Gasteiger partial charge in [-0.15, -0.1) is 0 Å². The van der Waals surface area contributed by atoms with Crippen LogP contribution < -0.4 is 0 Å². The first-order valence-corrected chi connectivity index (χ1v) is 4.61. The molecule has 0 rings (SSSR count). The predicted molar refractivity (Wildman–Crippen MR) is 54.0 cm³/mol. The number of nitrogens with zero attached hydrogens (tertiary/aromatic N) is 1. The fourth-order valence-electron chi connectivity index (χ4n) is 0.474. The summed E-state index contributed by atoms with van der Waals surface area (Å²) >= 11 is 0.